The number of nitrogens with zero attached hydrogens (tertiary/aromatic N) is 1. The summed E-state index contributed by atoms with van der Waals surface area (Å²) in [4.78, 5) is 25.7. The van der Waals surface area contributed by atoms with Gasteiger partial charge in [-0.1, -0.05) is 48.0 Å². The van der Waals surface area contributed by atoms with E-state index in [0.717, 1.165) is 11.3 Å². The monoisotopic (exact) mass is 323 g/mol. The molecule has 102 valence electrons. The molecule has 1 aromatic rings. The highest BCUT2D eigenvalue weighted by Crippen LogP contribution is 2.42. The first-order valence-corrected chi connectivity index (χ1v) is 7.48. The number of Topliss-reactive ketones (excluding diaryl/α,β-unsaturated/α-hetero) is 1. The van der Waals surface area contributed by atoms with E-state index in [9.17, 15) is 9.59 Å². The van der Waals surface area contributed by atoms with Gasteiger partial charge in [-0.15, -0.1) is 0 Å². The predicted octanol–water partition coefficient (Wildman–Crippen LogP) is 3.05. The third kappa shape index (κ3) is 2.46. The second-order valence-electron chi connectivity index (χ2n) is 5.61. The van der Waals surface area contributed by atoms with Crippen molar-refractivity contribution in [2.75, 3.05) is 10.2 Å². The molecule has 1 atom stereocenters. The molecule has 3 nitrogen and oxygen atoms in total. The Labute approximate surface area is 122 Å². The Morgan fingerprint density at radius 3 is 2.58 bits per heavy atom. The highest BCUT2D eigenvalue weighted by molar-refractivity contribution is 9.09. The van der Waals surface area contributed by atoms with E-state index < -0.39 is 0 Å². The molecule has 1 unspecified atom stereocenters. The average Bonchev–Trinajstić information content (AvgIpc) is 2.36. The number of para-hydroxylation sites is 1. The van der Waals surface area contributed by atoms with Crippen molar-refractivity contribution < 1.29 is 9.59 Å². The van der Waals surface area contributed by atoms with Gasteiger partial charge in [0.25, 0.3) is 0 Å². The number of carbonyl (C=O) groups excluding carboxylic acids is 2. The second kappa shape index (κ2) is 5.08. The number of hydrogen-bond donors (Lipinski definition) is 0. The predicted molar refractivity (Wildman–Crippen MR) is 79.8 cm³/mol. The number of ketones is 1. The van der Waals surface area contributed by atoms with E-state index in [-0.39, 0.29) is 28.5 Å². The standard InChI is InChI=1S/C15H18BrNO2/c1-10(18)17-12-7-5-4-6-11(12)15(2,3)8-13(17)14(19)9-16/h4-7,13H,8-9H2,1-3H3. The molecule has 19 heavy (non-hydrogen) atoms. The van der Waals surface area contributed by atoms with Gasteiger partial charge in [0.15, 0.2) is 5.78 Å². The van der Waals surface area contributed by atoms with Crippen molar-refractivity contribution in [2.24, 2.45) is 0 Å². The van der Waals surface area contributed by atoms with Crippen LogP contribution in [0.4, 0.5) is 5.69 Å². The maximum Gasteiger partial charge on any atom is 0.224 e. The zero-order valence-electron chi connectivity index (χ0n) is 11.4. The van der Waals surface area contributed by atoms with Gasteiger partial charge < -0.3 is 4.90 Å². The summed E-state index contributed by atoms with van der Waals surface area (Å²) in [5, 5.41) is 0.277. The Kier molecular flexibility index (Phi) is 3.81. The van der Waals surface area contributed by atoms with Crippen LogP contribution in [0.1, 0.15) is 32.8 Å². The van der Waals surface area contributed by atoms with Crippen LogP contribution in [-0.4, -0.2) is 23.1 Å². The molecular weight excluding hydrogens is 306 g/mol. The van der Waals surface area contributed by atoms with E-state index in [4.69, 9.17) is 0 Å². The zero-order valence-corrected chi connectivity index (χ0v) is 13.0. The van der Waals surface area contributed by atoms with Crippen molar-refractivity contribution in [3.8, 4) is 0 Å². The number of anilines is 1. The highest BCUT2D eigenvalue weighted by Gasteiger charge is 2.41. The summed E-state index contributed by atoms with van der Waals surface area (Å²) in [5.41, 5.74) is 1.89. The Bertz CT molecular complexity index is 525. The first-order valence-electron chi connectivity index (χ1n) is 6.36. The number of fused-ring (bicyclic) bond motifs is 1. The number of rotatable bonds is 2. The highest BCUT2D eigenvalue weighted by atomic mass is 79.9. The second-order valence-corrected chi connectivity index (χ2v) is 6.17. The molecule has 1 amide bonds. The molecule has 1 aliphatic rings. The van der Waals surface area contributed by atoms with Crippen LogP contribution in [0.25, 0.3) is 0 Å². The fourth-order valence-corrected chi connectivity index (χ4v) is 3.22. The first kappa shape index (κ1) is 14.3. The molecule has 0 saturated carbocycles. The normalized spacial score (nSPS) is 20.8. The fourth-order valence-electron chi connectivity index (χ4n) is 2.84. The number of alkyl halides is 1. The maximum absolute atomic E-state index is 12.1. The molecule has 0 fully saturated rings. The van der Waals surface area contributed by atoms with Gasteiger partial charge in [0.05, 0.1) is 11.4 Å². The van der Waals surface area contributed by atoms with Gasteiger partial charge in [-0.2, -0.15) is 0 Å². The van der Waals surface area contributed by atoms with Gasteiger partial charge in [0, 0.05) is 12.6 Å². The molecule has 0 aromatic heterocycles. The van der Waals surface area contributed by atoms with Gasteiger partial charge in [0.2, 0.25) is 5.91 Å². The first-order chi connectivity index (χ1) is 8.88. The Morgan fingerprint density at radius 1 is 1.37 bits per heavy atom. The summed E-state index contributed by atoms with van der Waals surface area (Å²) in [6, 6.07) is 7.48. The van der Waals surface area contributed by atoms with E-state index in [1.165, 1.54) is 6.92 Å². The zero-order chi connectivity index (χ0) is 14.2. The molecule has 0 spiro atoms. The summed E-state index contributed by atoms with van der Waals surface area (Å²) < 4.78 is 0. The van der Waals surface area contributed by atoms with Crippen molar-refractivity contribution in [3.05, 3.63) is 29.8 Å². The fraction of sp³-hybridized carbons (Fsp3) is 0.467. The molecule has 0 aliphatic carbocycles. The lowest BCUT2D eigenvalue weighted by atomic mass is 9.74. The van der Waals surface area contributed by atoms with Crippen molar-refractivity contribution in [2.45, 2.75) is 38.6 Å². The van der Waals surface area contributed by atoms with Crippen LogP contribution < -0.4 is 4.90 Å². The molecule has 4 heteroatoms. The van der Waals surface area contributed by atoms with E-state index in [2.05, 4.69) is 29.8 Å². The Morgan fingerprint density at radius 2 is 2.00 bits per heavy atom. The van der Waals surface area contributed by atoms with Crippen LogP contribution in [0.3, 0.4) is 0 Å². The molecule has 1 heterocycles. The smallest absolute Gasteiger partial charge is 0.224 e. The van der Waals surface area contributed by atoms with Crippen LogP contribution in [0.15, 0.2) is 24.3 Å². The third-order valence-electron chi connectivity index (χ3n) is 3.75. The number of amides is 1. The van der Waals surface area contributed by atoms with E-state index in [1.807, 2.05) is 24.3 Å². The minimum atomic E-state index is -0.373. The number of carbonyl (C=O) groups is 2. The summed E-state index contributed by atoms with van der Waals surface area (Å²) in [6.45, 7) is 5.76. The molecular formula is C15H18BrNO2. The molecule has 2 rings (SSSR count). The van der Waals surface area contributed by atoms with E-state index in [0.29, 0.717) is 6.42 Å². The van der Waals surface area contributed by atoms with Crippen LogP contribution in [-0.2, 0) is 15.0 Å². The summed E-state index contributed by atoms with van der Waals surface area (Å²) in [5.74, 6) is -0.0278. The molecule has 0 radical (unpaired) electrons. The summed E-state index contributed by atoms with van der Waals surface area (Å²) >= 11 is 3.22. The van der Waals surface area contributed by atoms with Gasteiger partial charge in [-0.25, -0.2) is 0 Å². The molecule has 0 bridgehead atoms. The van der Waals surface area contributed by atoms with E-state index >= 15 is 0 Å². The molecule has 1 aliphatic heterocycles. The lowest BCUT2D eigenvalue weighted by Gasteiger charge is -2.43. The Hall–Kier alpha value is -1.16. The Balaban J connectivity index is 2.59. The maximum atomic E-state index is 12.1. The summed E-state index contributed by atoms with van der Waals surface area (Å²) in [6.07, 6.45) is 0.661. The molecule has 0 N–H and O–H groups in total. The van der Waals surface area contributed by atoms with Gasteiger partial charge in [-0.05, 0) is 23.5 Å². The van der Waals surface area contributed by atoms with Crippen LogP contribution in [0, 0.1) is 0 Å². The number of halogens is 1. The minimum Gasteiger partial charge on any atom is -0.302 e. The largest absolute Gasteiger partial charge is 0.302 e. The van der Waals surface area contributed by atoms with Gasteiger partial charge in [-0.3, -0.25) is 9.59 Å². The summed E-state index contributed by atoms with van der Waals surface area (Å²) in [7, 11) is 0. The van der Waals surface area contributed by atoms with Gasteiger partial charge >= 0.3 is 0 Å². The quantitative estimate of drug-likeness (QED) is 0.784. The van der Waals surface area contributed by atoms with E-state index in [1.54, 1.807) is 4.90 Å². The van der Waals surface area contributed by atoms with Crippen molar-refractivity contribution in [1.29, 1.82) is 0 Å². The third-order valence-corrected chi connectivity index (χ3v) is 4.30. The van der Waals surface area contributed by atoms with Crippen LogP contribution in [0.5, 0.6) is 0 Å². The number of hydrogen-bond acceptors (Lipinski definition) is 2. The van der Waals surface area contributed by atoms with Crippen molar-refractivity contribution in [1.82, 2.24) is 0 Å². The lowest BCUT2D eigenvalue weighted by Crippen LogP contribution is -2.51. The minimum absolute atomic E-state index is 0.0535. The average molecular weight is 324 g/mol. The van der Waals surface area contributed by atoms with Gasteiger partial charge in [0.1, 0.15) is 0 Å². The van der Waals surface area contributed by atoms with Crippen molar-refractivity contribution >= 4 is 33.3 Å². The van der Waals surface area contributed by atoms with Crippen LogP contribution in [0.2, 0.25) is 0 Å². The molecule has 1 aromatic carbocycles. The topological polar surface area (TPSA) is 37.4 Å². The lowest BCUT2D eigenvalue weighted by molar-refractivity contribution is -0.123. The molecule has 0 saturated heterocycles. The van der Waals surface area contributed by atoms with Crippen molar-refractivity contribution in [3.63, 3.8) is 0 Å². The van der Waals surface area contributed by atoms with Crippen LogP contribution >= 0.6 is 15.9 Å². The number of benzene rings is 1. The SMILES string of the molecule is CC(=O)N1c2ccccc2C(C)(C)CC1C(=O)CBr.